The van der Waals surface area contributed by atoms with Gasteiger partial charge in [-0.1, -0.05) is 0 Å². The van der Waals surface area contributed by atoms with E-state index in [4.69, 9.17) is 15.9 Å². The maximum absolute atomic E-state index is 11.7. The predicted octanol–water partition coefficient (Wildman–Crippen LogP) is -0.698. The number of hydrogen-bond donors (Lipinski definition) is 4. The molecule has 1 amide bonds. The van der Waals surface area contributed by atoms with Crippen molar-refractivity contribution in [1.82, 2.24) is 5.32 Å². The molecule has 5 N–H and O–H groups in total. The summed E-state index contributed by atoms with van der Waals surface area (Å²) in [7, 11) is 0. The number of carboxylic acids is 2. The van der Waals surface area contributed by atoms with Crippen LogP contribution in [0.2, 0.25) is 0 Å². The van der Waals surface area contributed by atoms with E-state index in [-0.39, 0.29) is 12.8 Å². The zero-order chi connectivity index (χ0) is 13.1. The molecule has 1 aliphatic carbocycles. The smallest absolute Gasteiger partial charge is 0.326 e. The van der Waals surface area contributed by atoms with Gasteiger partial charge >= 0.3 is 11.9 Å². The van der Waals surface area contributed by atoms with E-state index in [0.29, 0.717) is 12.8 Å². The fourth-order valence-corrected chi connectivity index (χ4v) is 1.61. The molecule has 7 nitrogen and oxygen atoms in total. The van der Waals surface area contributed by atoms with Crippen LogP contribution in [0, 0.1) is 0 Å². The van der Waals surface area contributed by atoms with Gasteiger partial charge in [0.2, 0.25) is 5.91 Å². The molecule has 1 rings (SSSR count). The summed E-state index contributed by atoms with van der Waals surface area (Å²) in [5.41, 5.74) is 4.75. The first-order valence-electron chi connectivity index (χ1n) is 5.39. The summed E-state index contributed by atoms with van der Waals surface area (Å²) in [5, 5.41) is 19.6. The van der Waals surface area contributed by atoms with Gasteiger partial charge in [-0.3, -0.25) is 9.59 Å². The molecule has 0 bridgehead atoms. The summed E-state index contributed by atoms with van der Waals surface area (Å²) < 4.78 is 0. The first kappa shape index (κ1) is 13.4. The Kier molecular flexibility index (Phi) is 4.06. The van der Waals surface area contributed by atoms with Crippen LogP contribution in [0.15, 0.2) is 0 Å². The van der Waals surface area contributed by atoms with Crippen LogP contribution >= 0.6 is 0 Å². The van der Waals surface area contributed by atoms with Gasteiger partial charge in [0, 0.05) is 6.42 Å². The van der Waals surface area contributed by atoms with Gasteiger partial charge in [-0.2, -0.15) is 0 Å². The Hall–Kier alpha value is -1.63. The van der Waals surface area contributed by atoms with Gasteiger partial charge < -0.3 is 21.3 Å². The molecule has 1 aliphatic rings. The van der Waals surface area contributed by atoms with E-state index in [9.17, 15) is 14.4 Å². The molecule has 0 aromatic heterocycles. The third-order valence-corrected chi connectivity index (χ3v) is 2.95. The minimum Gasteiger partial charge on any atom is -0.481 e. The van der Waals surface area contributed by atoms with Crippen LogP contribution in [-0.2, 0) is 14.4 Å². The van der Waals surface area contributed by atoms with Crippen LogP contribution in [0.4, 0.5) is 0 Å². The van der Waals surface area contributed by atoms with Crippen LogP contribution in [0.25, 0.3) is 0 Å². The topological polar surface area (TPSA) is 130 Å². The molecule has 0 aromatic carbocycles. The fourth-order valence-electron chi connectivity index (χ4n) is 1.61. The average molecular weight is 244 g/mol. The lowest BCUT2D eigenvalue weighted by molar-refractivity contribution is -0.144. The molecule has 0 radical (unpaired) electrons. The lowest BCUT2D eigenvalue weighted by Gasteiger charge is -2.36. The second kappa shape index (κ2) is 5.13. The molecular formula is C10H16N2O5. The molecular weight excluding hydrogens is 228 g/mol. The summed E-state index contributed by atoms with van der Waals surface area (Å²) in [6.45, 7) is 0. The molecule has 96 valence electrons. The SMILES string of the molecule is NC1(C(=O)NC(CCC(=O)O)C(=O)O)CCC1. The molecule has 0 aliphatic heterocycles. The Labute approximate surface area is 98.0 Å². The molecule has 1 unspecified atom stereocenters. The van der Waals surface area contributed by atoms with Gasteiger partial charge in [0.1, 0.15) is 6.04 Å². The second-order valence-electron chi connectivity index (χ2n) is 4.31. The molecule has 0 heterocycles. The van der Waals surface area contributed by atoms with Crippen LogP contribution in [-0.4, -0.2) is 39.6 Å². The highest BCUT2D eigenvalue weighted by atomic mass is 16.4. The number of carbonyl (C=O) groups is 3. The van der Waals surface area contributed by atoms with E-state index in [0.717, 1.165) is 6.42 Å². The molecule has 0 saturated heterocycles. The largest absolute Gasteiger partial charge is 0.481 e. The van der Waals surface area contributed by atoms with Crippen molar-refractivity contribution in [3.63, 3.8) is 0 Å². The van der Waals surface area contributed by atoms with Crippen molar-refractivity contribution in [3.8, 4) is 0 Å². The highest BCUT2D eigenvalue weighted by molar-refractivity contribution is 5.90. The number of aliphatic carboxylic acids is 2. The van der Waals surface area contributed by atoms with Crippen molar-refractivity contribution in [3.05, 3.63) is 0 Å². The van der Waals surface area contributed by atoms with Crippen molar-refractivity contribution in [2.24, 2.45) is 5.73 Å². The zero-order valence-electron chi connectivity index (χ0n) is 9.31. The Morgan fingerprint density at radius 3 is 2.24 bits per heavy atom. The zero-order valence-corrected chi connectivity index (χ0v) is 9.31. The third-order valence-electron chi connectivity index (χ3n) is 2.95. The summed E-state index contributed by atoms with van der Waals surface area (Å²) >= 11 is 0. The lowest BCUT2D eigenvalue weighted by atomic mass is 9.77. The second-order valence-corrected chi connectivity index (χ2v) is 4.31. The lowest BCUT2D eigenvalue weighted by Crippen LogP contribution is -2.61. The third kappa shape index (κ3) is 3.42. The van der Waals surface area contributed by atoms with Gasteiger partial charge in [-0.15, -0.1) is 0 Å². The highest BCUT2D eigenvalue weighted by Gasteiger charge is 2.41. The van der Waals surface area contributed by atoms with E-state index in [1.54, 1.807) is 0 Å². The number of hydrogen-bond acceptors (Lipinski definition) is 4. The number of carboxylic acid groups (broad SMARTS) is 2. The number of carbonyl (C=O) groups excluding carboxylic acids is 1. The fraction of sp³-hybridized carbons (Fsp3) is 0.700. The monoisotopic (exact) mass is 244 g/mol. The Balaban J connectivity index is 2.51. The van der Waals surface area contributed by atoms with Gasteiger partial charge in [0.15, 0.2) is 0 Å². The summed E-state index contributed by atoms with van der Waals surface area (Å²) in [6, 6.07) is -1.19. The molecule has 1 saturated carbocycles. The first-order chi connectivity index (χ1) is 7.85. The van der Waals surface area contributed by atoms with Gasteiger partial charge in [-0.25, -0.2) is 4.79 Å². The van der Waals surface area contributed by atoms with E-state index in [1.807, 2.05) is 0 Å². The van der Waals surface area contributed by atoms with Crippen molar-refractivity contribution in [1.29, 1.82) is 0 Å². The molecule has 1 fully saturated rings. The van der Waals surface area contributed by atoms with Crippen LogP contribution in [0.1, 0.15) is 32.1 Å². The first-order valence-corrected chi connectivity index (χ1v) is 5.39. The summed E-state index contributed by atoms with van der Waals surface area (Å²) in [6.07, 6.45) is 1.45. The molecule has 0 aromatic rings. The van der Waals surface area contributed by atoms with E-state index in [1.165, 1.54) is 0 Å². The van der Waals surface area contributed by atoms with Crippen molar-refractivity contribution in [2.75, 3.05) is 0 Å². The van der Waals surface area contributed by atoms with Gasteiger partial charge in [0.05, 0.1) is 5.54 Å². The molecule has 7 heteroatoms. The Morgan fingerprint density at radius 2 is 1.88 bits per heavy atom. The number of nitrogens with two attached hydrogens (primary N) is 1. The maximum Gasteiger partial charge on any atom is 0.326 e. The van der Waals surface area contributed by atoms with Crippen molar-refractivity contribution >= 4 is 17.8 Å². The van der Waals surface area contributed by atoms with E-state index in [2.05, 4.69) is 5.32 Å². The quantitative estimate of drug-likeness (QED) is 0.489. The standard InChI is InChI=1S/C10H16N2O5/c11-10(4-1-5-10)9(17)12-6(8(15)16)2-3-7(13)14/h6H,1-5,11H2,(H,12,17)(H,13,14)(H,15,16). The number of rotatable bonds is 6. The van der Waals surface area contributed by atoms with Crippen molar-refractivity contribution in [2.45, 2.75) is 43.7 Å². The Morgan fingerprint density at radius 1 is 1.29 bits per heavy atom. The van der Waals surface area contributed by atoms with E-state index >= 15 is 0 Å². The normalized spacial score (nSPS) is 18.9. The minimum atomic E-state index is -1.25. The summed E-state index contributed by atoms with van der Waals surface area (Å²) in [5.74, 6) is -2.86. The summed E-state index contributed by atoms with van der Waals surface area (Å²) in [4.78, 5) is 32.8. The minimum absolute atomic E-state index is 0.146. The molecule has 1 atom stereocenters. The van der Waals surface area contributed by atoms with Crippen LogP contribution < -0.4 is 11.1 Å². The maximum atomic E-state index is 11.7. The molecule has 17 heavy (non-hydrogen) atoms. The van der Waals surface area contributed by atoms with Crippen LogP contribution in [0.3, 0.4) is 0 Å². The highest BCUT2D eigenvalue weighted by Crippen LogP contribution is 2.29. The van der Waals surface area contributed by atoms with Crippen molar-refractivity contribution < 1.29 is 24.6 Å². The number of amides is 1. The van der Waals surface area contributed by atoms with Crippen LogP contribution in [0.5, 0.6) is 0 Å². The van der Waals surface area contributed by atoms with E-state index < -0.39 is 29.4 Å². The predicted molar refractivity (Wildman–Crippen MR) is 57.2 cm³/mol. The van der Waals surface area contributed by atoms with Gasteiger partial charge in [-0.05, 0) is 25.7 Å². The average Bonchev–Trinajstić information content (AvgIpc) is 2.19. The van der Waals surface area contributed by atoms with Gasteiger partial charge in [0.25, 0.3) is 0 Å². The Bertz CT molecular complexity index is 338. The number of nitrogens with one attached hydrogen (secondary N) is 1. The molecule has 0 spiro atoms.